The number of hydrogen-bond donors (Lipinski definition) is 0. The highest BCUT2D eigenvalue weighted by molar-refractivity contribution is 7.98. The fourth-order valence-electron chi connectivity index (χ4n) is 2.64. The van der Waals surface area contributed by atoms with Crippen molar-refractivity contribution in [2.75, 3.05) is 0 Å². The normalized spacial score (nSPS) is 17.6. The monoisotopic (exact) mass is 316 g/mol. The Kier molecular flexibility index (Phi) is 3.37. The number of benzene rings is 1. The van der Waals surface area contributed by atoms with Gasteiger partial charge in [-0.05, 0) is 25.7 Å². The number of nitrogens with zero attached hydrogens (tertiary/aromatic N) is 4. The molecule has 4 rings (SSSR count). The molecule has 7 heteroatoms. The molecular formula is C15H16N4O2S. The van der Waals surface area contributed by atoms with Crippen LogP contribution in [0.1, 0.15) is 49.0 Å². The molecule has 0 radical (unpaired) electrons. The van der Waals surface area contributed by atoms with Crippen LogP contribution in [0.2, 0.25) is 0 Å². The topological polar surface area (TPSA) is 73.8 Å². The molecule has 0 spiro atoms. The molecule has 1 aromatic carbocycles. The van der Waals surface area contributed by atoms with Crippen LogP contribution >= 0.6 is 11.8 Å². The molecule has 0 amide bonds. The largest absolute Gasteiger partial charge is 0.303 e. The molecular weight excluding hydrogens is 300 g/mol. The number of nitro benzene ring substituents is 1. The summed E-state index contributed by atoms with van der Waals surface area (Å²) in [6, 6.07) is 7.44. The molecule has 0 bridgehead atoms. The van der Waals surface area contributed by atoms with E-state index < -0.39 is 0 Å². The summed E-state index contributed by atoms with van der Waals surface area (Å²) in [5.41, 5.74) is 0.908. The third kappa shape index (κ3) is 2.61. The summed E-state index contributed by atoms with van der Waals surface area (Å²) in [6.07, 6.45) is 4.80. The summed E-state index contributed by atoms with van der Waals surface area (Å²) >= 11 is 1.55. The molecule has 2 aliphatic carbocycles. The first-order valence-electron chi connectivity index (χ1n) is 7.54. The van der Waals surface area contributed by atoms with Gasteiger partial charge in [-0.25, -0.2) is 0 Å². The highest BCUT2D eigenvalue weighted by Gasteiger charge is 2.36. The Morgan fingerprint density at radius 1 is 1.23 bits per heavy atom. The number of nitro groups is 1. The first-order chi connectivity index (χ1) is 10.7. The lowest BCUT2D eigenvalue weighted by Crippen LogP contribution is -2.02. The molecule has 0 saturated heterocycles. The Morgan fingerprint density at radius 2 is 2.00 bits per heavy atom. The van der Waals surface area contributed by atoms with Gasteiger partial charge >= 0.3 is 0 Å². The second-order valence-electron chi connectivity index (χ2n) is 5.89. The fourth-order valence-corrected chi connectivity index (χ4v) is 3.64. The van der Waals surface area contributed by atoms with Crippen molar-refractivity contribution in [1.29, 1.82) is 0 Å². The third-order valence-electron chi connectivity index (χ3n) is 4.09. The molecule has 2 aliphatic rings. The predicted molar refractivity (Wildman–Crippen MR) is 82.9 cm³/mol. The van der Waals surface area contributed by atoms with Gasteiger partial charge in [0.25, 0.3) is 5.69 Å². The summed E-state index contributed by atoms with van der Waals surface area (Å²) in [5.74, 6) is 2.24. The van der Waals surface area contributed by atoms with Crippen LogP contribution < -0.4 is 0 Å². The molecule has 2 aromatic rings. The zero-order valence-electron chi connectivity index (χ0n) is 12.0. The zero-order chi connectivity index (χ0) is 15.1. The quantitative estimate of drug-likeness (QED) is 0.461. The first-order valence-corrected chi connectivity index (χ1v) is 8.52. The number of para-hydroxylation sites is 1. The SMILES string of the molecule is O=[N+]([O-])c1ccccc1CSc1nnc(C2CC2)n1C1CC1. The Bertz CT molecular complexity index is 722. The minimum absolute atomic E-state index is 0.176. The average molecular weight is 316 g/mol. The summed E-state index contributed by atoms with van der Waals surface area (Å²) in [5, 5.41) is 20.7. The molecule has 6 nitrogen and oxygen atoms in total. The van der Waals surface area contributed by atoms with Gasteiger partial charge in [-0.3, -0.25) is 10.1 Å². The van der Waals surface area contributed by atoms with Crippen molar-refractivity contribution in [3.8, 4) is 0 Å². The third-order valence-corrected chi connectivity index (χ3v) is 5.08. The number of hydrogen-bond acceptors (Lipinski definition) is 5. The predicted octanol–water partition coefficient (Wildman–Crippen LogP) is 3.69. The molecule has 0 atom stereocenters. The van der Waals surface area contributed by atoms with E-state index in [2.05, 4.69) is 14.8 Å². The highest BCUT2D eigenvalue weighted by Crippen LogP contribution is 2.46. The Hall–Kier alpha value is -1.89. The van der Waals surface area contributed by atoms with Gasteiger partial charge in [-0.2, -0.15) is 0 Å². The molecule has 1 heterocycles. The molecule has 0 aliphatic heterocycles. The van der Waals surface area contributed by atoms with Gasteiger partial charge in [-0.15, -0.1) is 10.2 Å². The average Bonchev–Trinajstić information content (AvgIpc) is 3.44. The number of rotatable bonds is 6. The van der Waals surface area contributed by atoms with Crippen molar-refractivity contribution >= 4 is 17.4 Å². The van der Waals surface area contributed by atoms with Gasteiger partial charge in [0.15, 0.2) is 5.16 Å². The van der Waals surface area contributed by atoms with E-state index in [4.69, 9.17) is 0 Å². The zero-order valence-corrected chi connectivity index (χ0v) is 12.8. The maximum atomic E-state index is 11.1. The highest BCUT2D eigenvalue weighted by atomic mass is 32.2. The number of thioether (sulfide) groups is 1. The van der Waals surface area contributed by atoms with Gasteiger partial charge in [0.05, 0.1) is 4.92 Å². The Morgan fingerprint density at radius 3 is 2.68 bits per heavy atom. The van der Waals surface area contributed by atoms with Crippen molar-refractivity contribution in [3.05, 3.63) is 45.8 Å². The van der Waals surface area contributed by atoms with E-state index in [1.165, 1.54) is 25.7 Å². The summed E-state index contributed by atoms with van der Waals surface area (Å²) in [4.78, 5) is 10.8. The van der Waals surface area contributed by atoms with Crippen LogP contribution in [0.3, 0.4) is 0 Å². The van der Waals surface area contributed by atoms with E-state index in [-0.39, 0.29) is 10.6 Å². The molecule has 0 unspecified atom stereocenters. The summed E-state index contributed by atoms with van der Waals surface area (Å²) < 4.78 is 2.27. The van der Waals surface area contributed by atoms with Crippen LogP contribution in [0.4, 0.5) is 5.69 Å². The number of aromatic nitrogens is 3. The molecule has 0 N–H and O–H groups in total. The standard InChI is InChI=1S/C15H16N4O2S/c20-19(21)13-4-2-1-3-11(13)9-22-15-17-16-14(10-5-6-10)18(15)12-7-8-12/h1-4,10,12H,5-9H2. The molecule has 2 saturated carbocycles. The van der Waals surface area contributed by atoms with Crippen molar-refractivity contribution < 1.29 is 4.92 Å². The van der Waals surface area contributed by atoms with Gasteiger partial charge < -0.3 is 4.57 Å². The van der Waals surface area contributed by atoms with Gasteiger partial charge in [0, 0.05) is 29.3 Å². The van der Waals surface area contributed by atoms with Gasteiger partial charge in [-0.1, -0.05) is 30.0 Å². The summed E-state index contributed by atoms with van der Waals surface area (Å²) in [6.45, 7) is 0. The minimum Gasteiger partial charge on any atom is -0.303 e. The van der Waals surface area contributed by atoms with E-state index in [1.807, 2.05) is 12.1 Å². The minimum atomic E-state index is -0.322. The smallest absolute Gasteiger partial charge is 0.273 e. The second-order valence-corrected chi connectivity index (χ2v) is 6.83. The van der Waals surface area contributed by atoms with Gasteiger partial charge in [0.2, 0.25) is 0 Å². The van der Waals surface area contributed by atoms with Crippen LogP contribution in [0, 0.1) is 10.1 Å². The fraction of sp³-hybridized carbons (Fsp3) is 0.467. The second kappa shape index (κ2) is 5.39. The van der Waals surface area contributed by atoms with Crippen molar-refractivity contribution in [1.82, 2.24) is 14.8 Å². The summed E-state index contributed by atoms with van der Waals surface area (Å²) in [7, 11) is 0. The van der Waals surface area contributed by atoms with E-state index in [9.17, 15) is 10.1 Å². The lowest BCUT2D eigenvalue weighted by molar-refractivity contribution is -0.385. The maximum Gasteiger partial charge on any atom is 0.273 e. The van der Waals surface area contributed by atoms with Crippen molar-refractivity contribution in [3.63, 3.8) is 0 Å². The molecule has 2 fully saturated rings. The first kappa shape index (κ1) is 13.8. The van der Waals surface area contributed by atoms with Crippen molar-refractivity contribution in [2.45, 2.75) is 48.6 Å². The van der Waals surface area contributed by atoms with Crippen LogP contribution in [-0.2, 0) is 5.75 Å². The maximum absolute atomic E-state index is 11.1. The lowest BCUT2D eigenvalue weighted by atomic mass is 10.2. The molecule has 114 valence electrons. The Balaban J connectivity index is 1.56. The van der Waals surface area contributed by atoms with E-state index >= 15 is 0 Å². The van der Waals surface area contributed by atoms with E-state index in [1.54, 1.807) is 23.9 Å². The van der Waals surface area contributed by atoms with E-state index in [0.29, 0.717) is 17.7 Å². The van der Waals surface area contributed by atoms with Crippen LogP contribution in [-0.4, -0.2) is 19.7 Å². The van der Waals surface area contributed by atoms with Crippen LogP contribution in [0.15, 0.2) is 29.4 Å². The van der Waals surface area contributed by atoms with Crippen LogP contribution in [0.25, 0.3) is 0 Å². The molecule has 1 aromatic heterocycles. The lowest BCUT2D eigenvalue weighted by Gasteiger charge is -2.08. The van der Waals surface area contributed by atoms with Crippen LogP contribution in [0.5, 0.6) is 0 Å². The molecule has 22 heavy (non-hydrogen) atoms. The van der Waals surface area contributed by atoms with Gasteiger partial charge in [0.1, 0.15) is 5.82 Å². The van der Waals surface area contributed by atoms with Crippen molar-refractivity contribution in [2.24, 2.45) is 0 Å². The van der Waals surface area contributed by atoms with E-state index in [0.717, 1.165) is 16.5 Å². The Labute approximate surface area is 132 Å².